The molecule has 5 heteroatoms. The van der Waals surface area contributed by atoms with Crippen LogP contribution in [0.1, 0.15) is 11.3 Å². The van der Waals surface area contributed by atoms with Crippen molar-refractivity contribution >= 4 is 33.6 Å². The molecule has 0 aliphatic rings. The highest BCUT2D eigenvalue weighted by atomic mass is 79.9. The monoisotopic (exact) mass is 334 g/mol. The summed E-state index contributed by atoms with van der Waals surface area (Å²) >= 11 is 3.23. The molecule has 104 valence electrons. The number of hydrogen-bond acceptors (Lipinski definition) is 3. The molecule has 2 N–H and O–H groups in total. The van der Waals surface area contributed by atoms with Crippen molar-refractivity contribution in [2.45, 2.75) is 6.54 Å². The summed E-state index contributed by atoms with van der Waals surface area (Å²) in [6, 6.07) is 11.0. The van der Waals surface area contributed by atoms with Gasteiger partial charge in [-0.2, -0.15) is 0 Å². The third-order valence-corrected chi connectivity index (χ3v) is 3.18. The molecule has 0 unspecified atom stereocenters. The number of carbonyl (C=O) groups excluding carboxylic acids is 1. The Morgan fingerprint density at radius 1 is 1.30 bits per heavy atom. The second-order valence-electron chi connectivity index (χ2n) is 4.40. The van der Waals surface area contributed by atoms with Crippen molar-refractivity contribution in [3.05, 3.63) is 58.5 Å². The Hall–Kier alpha value is -2.01. The number of halogens is 1. The average molecular weight is 335 g/mol. The van der Waals surface area contributed by atoms with E-state index in [-0.39, 0.29) is 5.91 Å². The Balaban J connectivity index is 1.95. The van der Waals surface area contributed by atoms with E-state index in [4.69, 9.17) is 10.2 Å². The number of nitrogens with two attached hydrogens (primary N) is 1. The molecule has 0 saturated heterocycles. The molecule has 4 nitrogen and oxygen atoms in total. The van der Waals surface area contributed by atoms with Gasteiger partial charge >= 0.3 is 0 Å². The van der Waals surface area contributed by atoms with Gasteiger partial charge in [0.15, 0.2) is 4.67 Å². The van der Waals surface area contributed by atoms with E-state index >= 15 is 0 Å². The molecule has 1 aromatic heterocycles. The zero-order valence-corrected chi connectivity index (χ0v) is 12.6. The van der Waals surface area contributed by atoms with Crippen molar-refractivity contribution < 1.29 is 9.21 Å². The van der Waals surface area contributed by atoms with Crippen molar-refractivity contribution in [1.82, 2.24) is 4.90 Å². The topological polar surface area (TPSA) is 59.5 Å². The summed E-state index contributed by atoms with van der Waals surface area (Å²) < 4.78 is 6.02. The normalized spacial score (nSPS) is 10.9. The van der Waals surface area contributed by atoms with Crippen LogP contribution in [0.3, 0.4) is 0 Å². The predicted molar refractivity (Wildman–Crippen MR) is 82.8 cm³/mol. The van der Waals surface area contributed by atoms with E-state index < -0.39 is 0 Å². The maximum absolute atomic E-state index is 12.0. The number of likely N-dealkylation sites (N-methyl/N-ethyl adjacent to an activating group) is 1. The summed E-state index contributed by atoms with van der Waals surface area (Å²) in [5, 5.41) is 0. The lowest BCUT2D eigenvalue weighted by atomic mass is 10.2. The fourth-order valence-corrected chi connectivity index (χ4v) is 1.99. The number of carbonyl (C=O) groups is 1. The number of nitrogens with zero attached hydrogens (tertiary/aromatic N) is 1. The molecular weight excluding hydrogens is 320 g/mol. The Bertz CT molecular complexity index is 617. The quantitative estimate of drug-likeness (QED) is 0.689. The second kappa shape index (κ2) is 6.43. The minimum Gasteiger partial charge on any atom is -0.452 e. The molecular formula is C15H15BrN2O2. The minimum atomic E-state index is -0.0886. The van der Waals surface area contributed by atoms with Gasteiger partial charge in [-0.05, 0) is 51.8 Å². The molecule has 0 aliphatic heterocycles. The van der Waals surface area contributed by atoms with Gasteiger partial charge in [0.05, 0.1) is 6.54 Å². The molecule has 0 aliphatic carbocycles. The molecule has 0 spiro atoms. The van der Waals surface area contributed by atoms with Gasteiger partial charge < -0.3 is 15.1 Å². The largest absolute Gasteiger partial charge is 0.452 e. The standard InChI is InChI=1S/C15H15BrN2O2/c1-18(10-13-7-8-14(16)20-13)15(19)9-4-11-2-5-12(17)6-3-11/h2-9H,10,17H2,1H3/b9-4+. The Kier molecular flexibility index (Phi) is 4.63. The van der Waals surface area contributed by atoms with E-state index in [9.17, 15) is 4.79 Å². The van der Waals surface area contributed by atoms with Crippen LogP contribution >= 0.6 is 15.9 Å². The van der Waals surface area contributed by atoms with E-state index in [1.807, 2.05) is 18.2 Å². The number of hydrogen-bond donors (Lipinski definition) is 1. The molecule has 2 aromatic rings. The highest BCUT2D eigenvalue weighted by Crippen LogP contribution is 2.15. The zero-order valence-electron chi connectivity index (χ0n) is 11.0. The Morgan fingerprint density at radius 3 is 2.60 bits per heavy atom. The third-order valence-electron chi connectivity index (χ3n) is 2.75. The maximum atomic E-state index is 12.0. The fraction of sp³-hybridized carbons (Fsp3) is 0.133. The lowest BCUT2D eigenvalue weighted by Gasteiger charge is -2.12. The number of benzene rings is 1. The summed E-state index contributed by atoms with van der Waals surface area (Å²) in [5.41, 5.74) is 7.24. The van der Waals surface area contributed by atoms with E-state index in [0.29, 0.717) is 16.9 Å². The lowest BCUT2D eigenvalue weighted by Crippen LogP contribution is -2.23. The van der Waals surface area contributed by atoms with Crippen molar-refractivity contribution in [3.63, 3.8) is 0 Å². The number of furan rings is 1. The molecule has 0 fully saturated rings. The number of amides is 1. The molecule has 1 aromatic carbocycles. The first-order chi connectivity index (χ1) is 9.54. The van der Waals surface area contributed by atoms with Gasteiger partial charge in [0.2, 0.25) is 5.91 Å². The molecule has 2 rings (SSSR count). The highest BCUT2D eigenvalue weighted by molar-refractivity contribution is 9.10. The van der Waals surface area contributed by atoms with Crippen LogP contribution in [0.2, 0.25) is 0 Å². The van der Waals surface area contributed by atoms with E-state index in [1.54, 1.807) is 36.2 Å². The van der Waals surface area contributed by atoms with Gasteiger partial charge in [0, 0.05) is 18.8 Å². The smallest absolute Gasteiger partial charge is 0.246 e. The Labute approximate surface area is 126 Å². The van der Waals surface area contributed by atoms with Crippen molar-refractivity contribution in [3.8, 4) is 0 Å². The summed E-state index contributed by atoms with van der Waals surface area (Å²) in [7, 11) is 1.73. The number of rotatable bonds is 4. The minimum absolute atomic E-state index is 0.0886. The molecule has 0 saturated carbocycles. The zero-order chi connectivity index (χ0) is 14.5. The van der Waals surface area contributed by atoms with Gasteiger partial charge in [0.25, 0.3) is 0 Å². The van der Waals surface area contributed by atoms with Crippen molar-refractivity contribution in [2.24, 2.45) is 0 Å². The van der Waals surface area contributed by atoms with Crippen LogP contribution in [0.25, 0.3) is 6.08 Å². The summed E-state index contributed by atoms with van der Waals surface area (Å²) in [6.07, 6.45) is 3.29. The van der Waals surface area contributed by atoms with Crippen LogP contribution in [-0.4, -0.2) is 17.9 Å². The second-order valence-corrected chi connectivity index (χ2v) is 5.18. The lowest BCUT2D eigenvalue weighted by molar-refractivity contribution is -0.125. The van der Waals surface area contributed by atoms with Crippen LogP contribution in [0.15, 0.2) is 51.6 Å². The third kappa shape index (κ3) is 3.99. The molecule has 0 radical (unpaired) electrons. The van der Waals surface area contributed by atoms with Crippen LogP contribution < -0.4 is 5.73 Å². The summed E-state index contributed by atoms with van der Waals surface area (Å²) in [6.45, 7) is 0.427. The number of anilines is 1. The van der Waals surface area contributed by atoms with Crippen LogP contribution in [0, 0.1) is 0 Å². The summed E-state index contributed by atoms with van der Waals surface area (Å²) in [5.74, 6) is 0.642. The highest BCUT2D eigenvalue weighted by Gasteiger charge is 2.08. The van der Waals surface area contributed by atoms with E-state index in [2.05, 4.69) is 15.9 Å². The van der Waals surface area contributed by atoms with Gasteiger partial charge in [-0.1, -0.05) is 12.1 Å². The molecule has 0 bridgehead atoms. The van der Waals surface area contributed by atoms with Crippen LogP contribution in [0.4, 0.5) is 5.69 Å². The predicted octanol–water partition coefficient (Wildman–Crippen LogP) is 3.30. The Morgan fingerprint density at radius 2 is 2.00 bits per heavy atom. The first kappa shape index (κ1) is 14.4. The first-order valence-corrected chi connectivity index (χ1v) is 6.87. The SMILES string of the molecule is CN(Cc1ccc(Br)o1)C(=O)/C=C/c1ccc(N)cc1. The number of nitrogen functional groups attached to an aromatic ring is 1. The van der Waals surface area contributed by atoms with Crippen molar-refractivity contribution in [1.29, 1.82) is 0 Å². The molecule has 0 atom stereocenters. The molecule has 20 heavy (non-hydrogen) atoms. The van der Waals surface area contributed by atoms with Gasteiger partial charge in [-0.15, -0.1) is 0 Å². The van der Waals surface area contributed by atoms with Gasteiger partial charge in [0.1, 0.15) is 5.76 Å². The van der Waals surface area contributed by atoms with E-state index in [0.717, 1.165) is 11.3 Å². The maximum Gasteiger partial charge on any atom is 0.246 e. The van der Waals surface area contributed by atoms with Crippen molar-refractivity contribution in [2.75, 3.05) is 12.8 Å². The van der Waals surface area contributed by atoms with Crippen LogP contribution in [-0.2, 0) is 11.3 Å². The average Bonchev–Trinajstić information content (AvgIpc) is 2.83. The fourth-order valence-electron chi connectivity index (χ4n) is 1.65. The van der Waals surface area contributed by atoms with Gasteiger partial charge in [-0.25, -0.2) is 0 Å². The van der Waals surface area contributed by atoms with Gasteiger partial charge in [-0.3, -0.25) is 4.79 Å². The first-order valence-electron chi connectivity index (χ1n) is 6.07. The molecule has 1 heterocycles. The van der Waals surface area contributed by atoms with Crippen LogP contribution in [0.5, 0.6) is 0 Å². The molecule has 1 amide bonds. The summed E-state index contributed by atoms with van der Waals surface area (Å²) in [4.78, 5) is 13.5. The van der Waals surface area contributed by atoms with E-state index in [1.165, 1.54) is 6.08 Å².